The molecule has 2 aliphatic heterocycles. The number of carbonyl (C=O) groups is 2. The van der Waals surface area contributed by atoms with Crippen molar-refractivity contribution < 1.29 is 32.5 Å². The van der Waals surface area contributed by atoms with E-state index in [-0.39, 0.29) is 23.2 Å². The molecule has 9 nitrogen and oxygen atoms in total. The van der Waals surface area contributed by atoms with Crippen LogP contribution in [0.2, 0.25) is 5.02 Å². The van der Waals surface area contributed by atoms with Crippen molar-refractivity contribution >= 4 is 34.8 Å². The molecule has 3 heterocycles. The van der Waals surface area contributed by atoms with E-state index in [9.17, 15) is 27.8 Å². The molecule has 2 aliphatic rings. The molecule has 5 rings (SSSR count). The average molecular weight is 593 g/mol. The smallest absolute Gasteiger partial charge is 0.266 e. The number of ether oxygens (including phenoxy) is 1. The molecular formula is C27H27ClF2N4O5S. The number of amides is 1. The van der Waals surface area contributed by atoms with E-state index in [0.29, 0.717) is 30.8 Å². The van der Waals surface area contributed by atoms with Crippen LogP contribution in [0.4, 0.5) is 8.78 Å². The van der Waals surface area contributed by atoms with Gasteiger partial charge in [0.1, 0.15) is 28.6 Å². The van der Waals surface area contributed by atoms with Crippen molar-refractivity contribution in [2.24, 2.45) is 0 Å². The number of hydrogen-bond acceptors (Lipinski definition) is 7. The highest BCUT2D eigenvalue weighted by Crippen LogP contribution is 2.42. The fourth-order valence-corrected chi connectivity index (χ4v) is 6.69. The summed E-state index contributed by atoms with van der Waals surface area (Å²) in [6, 6.07) is 11.2. The normalized spacial score (nSPS) is 21.2. The summed E-state index contributed by atoms with van der Waals surface area (Å²) < 4.78 is 49.6. The van der Waals surface area contributed by atoms with E-state index in [4.69, 9.17) is 16.3 Å². The molecule has 2 N–H and O–H groups in total. The van der Waals surface area contributed by atoms with Crippen LogP contribution >= 0.6 is 11.6 Å². The summed E-state index contributed by atoms with van der Waals surface area (Å²) in [5, 5.41) is 9.70. The van der Waals surface area contributed by atoms with Crippen LogP contribution in [0, 0.1) is 11.6 Å². The second-order valence-electron chi connectivity index (χ2n) is 9.43. The van der Waals surface area contributed by atoms with Crippen molar-refractivity contribution in [1.29, 1.82) is 0 Å². The molecule has 40 heavy (non-hydrogen) atoms. The molecule has 1 aromatic heterocycles. The number of fused-ring (bicyclic) bond motifs is 2. The number of rotatable bonds is 7. The molecule has 2 bridgehead atoms. The van der Waals surface area contributed by atoms with Gasteiger partial charge in [-0.25, -0.2) is 18.5 Å². The van der Waals surface area contributed by atoms with E-state index in [2.05, 4.69) is 4.98 Å². The number of aromatic nitrogens is 1. The average Bonchev–Trinajstić information content (AvgIpc) is 3.19. The van der Waals surface area contributed by atoms with Gasteiger partial charge < -0.3 is 14.4 Å². The number of nitrogens with zero attached hydrogens (tertiary/aromatic N) is 3. The molecule has 3 atom stereocenters. The Morgan fingerprint density at radius 2 is 1.88 bits per heavy atom. The van der Waals surface area contributed by atoms with Gasteiger partial charge in [0.15, 0.2) is 17.4 Å². The van der Waals surface area contributed by atoms with Gasteiger partial charge in [-0.1, -0.05) is 11.6 Å². The maximum atomic E-state index is 14.7. The Labute approximate surface area is 237 Å². The van der Waals surface area contributed by atoms with Crippen molar-refractivity contribution in [3.8, 4) is 11.5 Å². The van der Waals surface area contributed by atoms with Gasteiger partial charge in [0.25, 0.3) is 5.91 Å². The predicted molar refractivity (Wildman–Crippen MR) is 143 cm³/mol. The second kappa shape index (κ2) is 12.9. The van der Waals surface area contributed by atoms with E-state index in [0.717, 1.165) is 24.0 Å². The summed E-state index contributed by atoms with van der Waals surface area (Å²) in [5.41, 5.74) is 1.41. The predicted octanol–water partition coefficient (Wildman–Crippen LogP) is 3.91. The Hall–Kier alpha value is -3.29. The molecule has 1 amide bonds. The Balaban J connectivity index is 0.000000350. The van der Waals surface area contributed by atoms with Gasteiger partial charge in [0.05, 0.1) is 4.90 Å². The van der Waals surface area contributed by atoms with Crippen LogP contribution in [0.5, 0.6) is 11.5 Å². The first-order valence-electron chi connectivity index (χ1n) is 12.3. The van der Waals surface area contributed by atoms with Gasteiger partial charge in [0, 0.05) is 43.0 Å². The van der Waals surface area contributed by atoms with E-state index < -0.39 is 39.8 Å². The zero-order chi connectivity index (χ0) is 28.9. The highest BCUT2D eigenvalue weighted by molar-refractivity contribution is 7.82. The summed E-state index contributed by atoms with van der Waals surface area (Å²) in [6.45, 7) is 0.763. The van der Waals surface area contributed by atoms with Crippen LogP contribution in [-0.2, 0) is 27.0 Å². The topological polar surface area (TPSA) is 112 Å². The van der Waals surface area contributed by atoms with Crippen molar-refractivity contribution in [3.05, 3.63) is 83.1 Å². The molecule has 0 saturated carbocycles. The van der Waals surface area contributed by atoms with Gasteiger partial charge >= 0.3 is 0 Å². The standard InChI is InChI=1S/C20H20ClF2N3O4S.C7H7NO/c1-25-10-13-6-7-20(11-25,19(27)24-28)26(13)31(29)15-8-16(22)18(17(23)9-15)30-14-4-2-12(21)3-5-14;9-6-3-7-1-4-8-5-2-7/h2-5,8-9,13,28H,6-7,10-11H2,1H3,(H,24,27);1-2,4-6H,3H2. The molecule has 212 valence electrons. The first kappa shape index (κ1) is 29.7. The minimum Gasteiger partial charge on any atom is -0.451 e. The van der Waals surface area contributed by atoms with E-state index >= 15 is 0 Å². The number of aldehydes is 1. The number of piperazine rings is 1. The molecule has 2 fully saturated rings. The lowest BCUT2D eigenvalue weighted by atomic mass is 9.96. The van der Waals surface area contributed by atoms with Crippen LogP contribution in [0.15, 0.2) is 65.8 Å². The van der Waals surface area contributed by atoms with Gasteiger partial charge in [-0.2, -0.15) is 4.31 Å². The van der Waals surface area contributed by atoms with Crippen LogP contribution in [-0.4, -0.2) is 67.5 Å². The minimum absolute atomic E-state index is 0.134. The van der Waals surface area contributed by atoms with Gasteiger partial charge in [0.2, 0.25) is 0 Å². The number of halogens is 3. The fourth-order valence-electron chi connectivity index (χ4n) is 4.94. The summed E-state index contributed by atoms with van der Waals surface area (Å²) in [5.74, 6) is -3.20. The zero-order valence-corrected chi connectivity index (χ0v) is 23.0. The third-order valence-electron chi connectivity index (χ3n) is 6.68. The van der Waals surface area contributed by atoms with E-state index in [1.165, 1.54) is 28.6 Å². The van der Waals surface area contributed by atoms with Gasteiger partial charge in [-0.05, 0) is 74.0 Å². The Morgan fingerprint density at radius 1 is 1.23 bits per heavy atom. The lowest BCUT2D eigenvalue weighted by molar-refractivity contribution is -0.141. The number of carbonyl (C=O) groups excluding carboxylic acids is 2. The second-order valence-corrected chi connectivity index (χ2v) is 11.2. The Bertz CT molecular complexity index is 1360. The number of likely N-dealkylation sites (N-methyl/N-ethyl adjacent to an activating group) is 1. The highest BCUT2D eigenvalue weighted by atomic mass is 35.5. The SMILES string of the molecule is CN1CC2CCC(C(=O)NO)(C1)N2S(=O)c1cc(F)c(Oc2ccc(Cl)cc2)c(F)c1.O=CCc1ccncc1. The Kier molecular flexibility index (Phi) is 9.59. The number of benzene rings is 2. The first-order chi connectivity index (χ1) is 19.2. The van der Waals surface area contributed by atoms with E-state index in [1.54, 1.807) is 17.9 Å². The van der Waals surface area contributed by atoms with E-state index in [1.807, 2.05) is 24.1 Å². The molecule has 2 aromatic carbocycles. The number of hydroxylamine groups is 1. The Morgan fingerprint density at radius 3 is 2.48 bits per heavy atom. The highest BCUT2D eigenvalue weighted by Gasteiger charge is 2.58. The molecule has 0 spiro atoms. The molecule has 0 radical (unpaired) electrons. The van der Waals surface area contributed by atoms with Crippen molar-refractivity contribution in [1.82, 2.24) is 19.7 Å². The van der Waals surface area contributed by atoms with Crippen LogP contribution < -0.4 is 10.2 Å². The molecule has 2 saturated heterocycles. The lowest BCUT2D eigenvalue weighted by Gasteiger charge is -2.45. The third kappa shape index (κ3) is 6.37. The minimum atomic E-state index is -2.04. The first-order valence-corrected chi connectivity index (χ1v) is 13.8. The third-order valence-corrected chi connectivity index (χ3v) is 8.57. The molecule has 0 aliphatic carbocycles. The van der Waals surface area contributed by atoms with Crippen molar-refractivity contribution in [3.63, 3.8) is 0 Å². The zero-order valence-electron chi connectivity index (χ0n) is 21.4. The van der Waals surface area contributed by atoms with Crippen molar-refractivity contribution in [2.45, 2.75) is 35.7 Å². The number of pyridine rings is 1. The quantitative estimate of drug-likeness (QED) is 0.243. The molecule has 3 aromatic rings. The summed E-state index contributed by atoms with van der Waals surface area (Å²) >= 11 is 5.80. The fraction of sp³-hybridized carbons (Fsp3) is 0.296. The lowest BCUT2D eigenvalue weighted by Crippen LogP contribution is -2.66. The number of nitrogens with one attached hydrogen (secondary N) is 1. The summed E-state index contributed by atoms with van der Waals surface area (Å²) in [7, 11) is -0.221. The summed E-state index contributed by atoms with van der Waals surface area (Å²) in [4.78, 5) is 28.1. The van der Waals surface area contributed by atoms with Gasteiger partial charge in [-0.15, -0.1) is 0 Å². The number of hydrogen-bond donors (Lipinski definition) is 2. The van der Waals surface area contributed by atoms with Crippen LogP contribution in [0.25, 0.3) is 0 Å². The van der Waals surface area contributed by atoms with Crippen LogP contribution in [0.3, 0.4) is 0 Å². The number of likely N-dealkylation sites (tertiary alicyclic amines) is 1. The van der Waals surface area contributed by atoms with Gasteiger partial charge in [-0.3, -0.25) is 15.0 Å². The van der Waals surface area contributed by atoms with Crippen LogP contribution in [0.1, 0.15) is 18.4 Å². The largest absolute Gasteiger partial charge is 0.451 e. The molecule has 3 unspecified atom stereocenters. The maximum absolute atomic E-state index is 14.7. The monoisotopic (exact) mass is 592 g/mol. The molecular weight excluding hydrogens is 566 g/mol. The maximum Gasteiger partial charge on any atom is 0.266 e. The summed E-state index contributed by atoms with van der Waals surface area (Å²) in [6.07, 6.45) is 5.66. The molecule has 13 heteroatoms. The van der Waals surface area contributed by atoms with Crippen molar-refractivity contribution in [2.75, 3.05) is 20.1 Å².